The number of ether oxygens (including phenoxy) is 1. The highest BCUT2D eigenvalue weighted by Crippen LogP contribution is 2.24. The Labute approximate surface area is 148 Å². The lowest BCUT2D eigenvalue weighted by Crippen LogP contribution is -2.28. The van der Waals surface area contributed by atoms with E-state index in [4.69, 9.17) is 4.74 Å². The molecule has 6 nitrogen and oxygen atoms in total. The molecule has 0 bridgehead atoms. The van der Waals surface area contributed by atoms with Crippen LogP contribution in [0.5, 0.6) is 11.5 Å². The van der Waals surface area contributed by atoms with Crippen molar-refractivity contribution in [3.63, 3.8) is 0 Å². The molecule has 0 spiro atoms. The number of carbonyl (C=O) groups excluding carboxylic acids is 1. The summed E-state index contributed by atoms with van der Waals surface area (Å²) in [6.45, 7) is 2.46. The number of hydrogen-bond donors (Lipinski definition) is 2. The highest BCUT2D eigenvalue weighted by atomic mass is 32.2. The highest BCUT2D eigenvalue weighted by Gasteiger charge is 2.12. The number of carbonyl (C=O) groups is 1. The van der Waals surface area contributed by atoms with Gasteiger partial charge < -0.3 is 15.4 Å². The molecule has 0 aromatic heterocycles. The topological polar surface area (TPSA) is 84.5 Å². The quantitative estimate of drug-likeness (QED) is 0.791. The van der Waals surface area contributed by atoms with Gasteiger partial charge in [0.25, 0.3) is 0 Å². The van der Waals surface area contributed by atoms with Crippen molar-refractivity contribution in [2.24, 2.45) is 5.92 Å². The second-order valence-corrected chi connectivity index (χ2v) is 7.83. The molecule has 25 heavy (non-hydrogen) atoms. The Morgan fingerprint density at radius 1 is 1.04 bits per heavy atom. The summed E-state index contributed by atoms with van der Waals surface area (Å²) in [5.41, 5.74) is 0.688. The van der Waals surface area contributed by atoms with Crippen molar-refractivity contribution in [1.29, 1.82) is 0 Å². The molecule has 2 N–H and O–H groups in total. The van der Waals surface area contributed by atoms with Gasteiger partial charge in [0.05, 0.1) is 4.90 Å². The molecule has 134 valence electrons. The predicted octanol–water partition coefficient (Wildman–Crippen LogP) is 2.68. The van der Waals surface area contributed by atoms with Crippen LogP contribution in [0.4, 0.5) is 5.69 Å². The molecule has 0 heterocycles. The molecular weight excluding hydrogens is 340 g/mol. The summed E-state index contributed by atoms with van der Waals surface area (Å²) < 4.78 is 28.5. The van der Waals surface area contributed by atoms with E-state index in [2.05, 4.69) is 10.6 Å². The average Bonchev–Trinajstić information content (AvgIpc) is 2.56. The summed E-state index contributed by atoms with van der Waals surface area (Å²) in [4.78, 5) is 12.2. The zero-order valence-electron chi connectivity index (χ0n) is 14.4. The monoisotopic (exact) mass is 362 g/mol. The molecule has 7 heteroatoms. The molecule has 1 unspecified atom stereocenters. The second-order valence-electron chi connectivity index (χ2n) is 5.82. The Balaban J connectivity index is 1.99. The van der Waals surface area contributed by atoms with Gasteiger partial charge in [0, 0.05) is 24.4 Å². The van der Waals surface area contributed by atoms with Crippen LogP contribution in [-0.2, 0) is 14.6 Å². The van der Waals surface area contributed by atoms with E-state index in [-0.39, 0.29) is 16.7 Å². The van der Waals surface area contributed by atoms with Gasteiger partial charge >= 0.3 is 0 Å². The summed E-state index contributed by atoms with van der Waals surface area (Å²) in [6, 6.07) is 13.2. The molecule has 0 fully saturated rings. The molecule has 0 radical (unpaired) electrons. The van der Waals surface area contributed by atoms with Gasteiger partial charge in [-0.25, -0.2) is 8.42 Å². The van der Waals surface area contributed by atoms with Crippen molar-refractivity contribution in [2.75, 3.05) is 25.2 Å². The maximum Gasteiger partial charge on any atom is 0.228 e. The smallest absolute Gasteiger partial charge is 0.228 e. The minimum atomic E-state index is -3.22. The first kappa shape index (κ1) is 19.0. The van der Waals surface area contributed by atoms with Crippen molar-refractivity contribution in [1.82, 2.24) is 5.32 Å². The number of sulfone groups is 1. The number of hydrogen-bond acceptors (Lipinski definition) is 5. The lowest BCUT2D eigenvalue weighted by atomic mass is 10.1. The maximum absolute atomic E-state index is 12.0. The Bertz CT molecular complexity index is 815. The van der Waals surface area contributed by atoms with E-state index in [1.54, 1.807) is 43.4 Å². The van der Waals surface area contributed by atoms with Crippen LogP contribution in [0, 0.1) is 5.92 Å². The molecule has 2 aromatic rings. The number of amides is 1. The Kier molecular flexibility index (Phi) is 6.17. The summed E-state index contributed by atoms with van der Waals surface area (Å²) in [7, 11) is -1.42. The second kappa shape index (κ2) is 8.13. The van der Waals surface area contributed by atoms with E-state index in [9.17, 15) is 13.2 Å². The van der Waals surface area contributed by atoms with Crippen molar-refractivity contribution in [2.45, 2.75) is 11.8 Å². The van der Waals surface area contributed by atoms with E-state index in [0.717, 1.165) is 6.26 Å². The Hall–Kier alpha value is -2.38. The van der Waals surface area contributed by atoms with Crippen LogP contribution < -0.4 is 15.4 Å². The molecule has 2 aromatic carbocycles. The van der Waals surface area contributed by atoms with Gasteiger partial charge in [-0.3, -0.25) is 4.79 Å². The zero-order chi connectivity index (χ0) is 18.4. The third kappa shape index (κ3) is 5.58. The molecule has 0 saturated carbocycles. The van der Waals surface area contributed by atoms with Crippen LogP contribution in [0.15, 0.2) is 53.4 Å². The van der Waals surface area contributed by atoms with Gasteiger partial charge in [-0.2, -0.15) is 0 Å². The molecule has 0 aliphatic rings. The van der Waals surface area contributed by atoms with E-state index in [1.165, 1.54) is 12.1 Å². The number of benzene rings is 2. The van der Waals surface area contributed by atoms with E-state index < -0.39 is 9.84 Å². The van der Waals surface area contributed by atoms with Gasteiger partial charge in [-0.05, 0) is 55.6 Å². The standard InChI is InChI=1S/C18H22N2O4S/c1-13(12-19-2)18(21)20-14-4-6-15(7-5-14)24-16-8-10-17(11-9-16)25(3,22)23/h4-11,13,19H,12H2,1-3H3,(H,20,21). The van der Waals surface area contributed by atoms with Crippen LogP contribution in [0.2, 0.25) is 0 Å². The number of rotatable bonds is 7. The molecule has 0 saturated heterocycles. The SMILES string of the molecule is CNCC(C)C(=O)Nc1ccc(Oc2ccc(S(C)(=O)=O)cc2)cc1. The van der Waals surface area contributed by atoms with E-state index in [0.29, 0.717) is 23.7 Å². The highest BCUT2D eigenvalue weighted by molar-refractivity contribution is 7.90. The first-order chi connectivity index (χ1) is 11.8. The van der Waals surface area contributed by atoms with Gasteiger partial charge in [-0.1, -0.05) is 6.92 Å². The van der Waals surface area contributed by atoms with E-state index in [1.807, 2.05) is 6.92 Å². The van der Waals surface area contributed by atoms with Crippen molar-refractivity contribution in [3.8, 4) is 11.5 Å². The molecule has 2 rings (SSSR count). The lowest BCUT2D eigenvalue weighted by molar-refractivity contribution is -0.119. The normalized spacial score (nSPS) is 12.4. The zero-order valence-corrected chi connectivity index (χ0v) is 15.3. The summed E-state index contributed by atoms with van der Waals surface area (Å²) in [5.74, 6) is 0.939. The first-order valence-corrected chi connectivity index (χ1v) is 9.72. The van der Waals surface area contributed by atoms with Crippen molar-refractivity contribution in [3.05, 3.63) is 48.5 Å². The Morgan fingerprint density at radius 2 is 1.56 bits per heavy atom. The molecular formula is C18H22N2O4S. The van der Waals surface area contributed by atoms with Crippen molar-refractivity contribution >= 4 is 21.4 Å². The van der Waals surface area contributed by atoms with Crippen LogP contribution >= 0.6 is 0 Å². The van der Waals surface area contributed by atoms with Crippen LogP contribution in [-0.4, -0.2) is 34.2 Å². The summed E-state index contributed by atoms with van der Waals surface area (Å²) in [5, 5.41) is 5.81. The summed E-state index contributed by atoms with van der Waals surface area (Å²) in [6.07, 6.45) is 1.16. The fourth-order valence-electron chi connectivity index (χ4n) is 2.16. The third-order valence-corrected chi connectivity index (χ3v) is 4.70. The molecule has 1 atom stereocenters. The van der Waals surface area contributed by atoms with Crippen LogP contribution in [0.1, 0.15) is 6.92 Å². The number of nitrogens with one attached hydrogen (secondary N) is 2. The maximum atomic E-state index is 12.0. The molecule has 1 amide bonds. The van der Waals surface area contributed by atoms with E-state index >= 15 is 0 Å². The average molecular weight is 362 g/mol. The van der Waals surface area contributed by atoms with Gasteiger partial charge in [-0.15, -0.1) is 0 Å². The summed E-state index contributed by atoms with van der Waals surface area (Å²) >= 11 is 0. The third-order valence-electron chi connectivity index (χ3n) is 3.57. The lowest BCUT2D eigenvalue weighted by Gasteiger charge is -2.12. The number of anilines is 1. The van der Waals surface area contributed by atoms with Gasteiger partial charge in [0.15, 0.2) is 9.84 Å². The van der Waals surface area contributed by atoms with Gasteiger partial charge in [0.2, 0.25) is 5.91 Å². The largest absolute Gasteiger partial charge is 0.457 e. The first-order valence-electron chi connectivity index (χ1n) is 7.83. The Morgan fingerprint density at radius 3 is 2.04 bits per heavy atom. The molecule has 0 aliphatic carbocycles. The van der Waals surface area contributed by atoms with Crippen molar-refractivity contribution < 1.29 is 17.9 Å². The van der Waals surface area contributed by atoms with Crippen LogP contribution in [0.25, 0.3) is 0 Å². The van der Waals surface area contributed by atoms with Crippen LogP contribution in [0.3, 0.4) is 0 Å². The predicted molar refractivity (Wildman–Crippen MR) is 97.8 cm³/mol. The fraction of sp³-hybridized carbons (Fsp3) is 0.278. The minimum Gasteiger partial charge on any atom is -0.457 e. The molecule has 0 aliphatic heterocycles. The minimum absolute atomic E-state index is 0.0561. The van der Waals surface area contributed by atoms with Gasteiger partial charge in [0.1, 0.15) is 11.5 Å². The fourth-order valence-corrected chi connectivity index (χ4v) is 2.79.